The second-order valence-corrected chi connectivity index (χ2v) is 7.61. The number of hydrogen-bond acceptors (Lipinski definition) is 4. The van der Waals surface area contributed by atoms with Crippen LogP contribution in [0.15, 0.2) is 24.3 Å². The Kier molecular flexibility index (Phi) is 4.25. The van der Waals surface area contributed by atoms with Crippen molar-refractivity contribution in [2.75, 3.05) is 46.4 Å². The van der Waals surface area contributed by atoms with Crippen LogP contribution >= 0.6 is 0 Å². The molecule has 0 saturated carbocycles. The van der Waals surface area contributed by atoms with Crippen molar-refractivity contribution in [3.63, 3.8) is 0 Å². The molecule has 1 spiro atoms. The van der Waals surface area contributed by atoms with Crippen molar-refractivity contribution in [2.24, 2.45) is 12.5 Å². The Morgan fingerprint density at radius 2 is 2.04 bits per heavy atom. The summed E-state index contributed by atoms with van der Waals surface area (Å²) >= 11 is 0. The van der Waals surface area contributed by atoms with Gasteiger partial charge in [-0.1, -0.05) is 18.2 Å². The quantitative estimate of drug-likeness (QED) is 0.792. The summed E-state index contributed by atoms with van der Waals surface area (Å²) in [6.07, 6.45) is 2.14. The van der Waals surface area contributed by atoms with Gasteiger partial charge in [-0.3, -0.25) is 9.48 Å². The lowest BCUT2D eigenvalue weighted by Crippen LogP contribution is -2.51. The van der Waals surface area contributed by atoms with Gasteiger partial charge in [0.1, 0.15) is 0 Å². The maximum atomic E-state index is 13.2. The lowest BCUT2D eigenvalue weighted by atomic mass is 9.80. The second kappa shape index (κ2) is 6.42. The number of carbonyl (C=O) groups is 1. The number of para-hydroxylation sites is 1. The summed E-state index contributed by atoms with van der Waals surface area (Å²) < 4.78 is 7.66. The summed E-state index contributed by atoms with van der Waals surface area (Å²) in [7, 11) is 4.04. The van der Waals surface area contributed by atoms with Crippen LogP contribution in [0.3, 0.4) is 0 Å². The number of benzene rings is 1. The molecule has 25 heavy (non-hydrogen) atoms. The van der Waals surface area contributed by atoms with E-state index in [1.807, 2.05) is 36.2 Å². The smallest absolute Gasteiger partial charge is 0.275 e. The Morgan fingerprint density at radius 1 is 1.20 bits per heavy atom. The molecule has 2 fully saturated rings. The molecule has 0 radical (unpaired) electrons. The zero-order valence-electron chi connectivity index (χ0n) is 15.1. The first kappa shape index (κ1) is 16.5. The van der Waals surface area contributed by atoms with E-state index in [4.69, 9.17) is 4.74 Å². The summed E-state index contributed by atoms with van der Waals surface area (Å²) in [6.45, 7) is 5.01. The van der Waals surface area contributed by atoms with E-state index in [2.05, 4.69) is 17.0 Å². The summed E-state index contributed by atoms with van der Waals surface area (Å²) in [6, 6.07) is 7.93. The molecule has 1 amide bonds. The van der Waals surface area contributed by atoms with Gasteiger partial charge in [0.05, 0.1) is 18.7 Å². The van der Waals surface area contributed by atoms with E-state index in [1.54, 1.807) is 4.68 Å². The highest BCUT2D eigenvalue weighted by atomic mass is 16.5. The van der Waals surface area contributed by atoms with E-state index in [0.717, 1.165) is 63.1 Å². The van der Waals surface area contributed by atoms with E-state index in [1.165, 1.54) is 0 Å². The maximum Gasteiger partial charge on any atom is 0.275 e. The van der Waals surface area contributed by atoms with Crippen molar-refractivity contribution in [3.05, 3.63) is 30.0 Å². The molecule has 2 aliphatic heterocycles. The molecule has 1 aromatic heterocycles. The highest BCUT2D eigenvalue weighted by Gasteiger charge is 2.40. The first-order chi connectivity index (χ1) is 12.1. The molecule has 6 heteroatoms. The summed E-state index contributed by atoms with van der Waals surface area (Å²) in [5.74, 6) is 0.0442. The third-order valence-electron chi connectivity index (χ3n) is 5.54. The highest BCUT2D eigenvalue weighted by Crippen LogP contribution is 2.33. The van der Waals surface area contributed by atoms with Crippen LogP contribution in [0.5, 0.6) is 0 Å². The minimum absolute atomic E-state index is 0.0442. The maximum absolute atomic E-state index is 13.2. The fourth-order valence-corrected chi connectivity index (χ4v) is 4.36. The molecule has 1 atom stereocenters. The molecular weight excluding hydrogens is 316 g/mol. The first-order valence-corrected chi connectivity index (χ1v) is 9.05. The number of piperidine rings is 1. The van der Waals surface area contributed by atoms with Crippen LogP contribution in [0, 0.1) is 5.41 Å². The van der Waals surface area contributed by atoms with Gasteiger partial charge < -0.3 is 14.5 Å². The number of carbonyl (C=O) groups excluding carboxylic acids is 1. The predicted octanol–water partition coefficient (Wildman–Crippen LogP) is 1.76. The standard InChI is InChI=1S/C19H26N4O2/c1-21-10-11-25-14-19(12-21)8-5-9-23(13-19)18(24)17-15-6-3-4-7-16(15)22(2)20-17/h3-4,6-7H,5,8-14H2,1-2H3/t19-/m0/s1. The van der Waals surface area contributed by atoms with Gasteiger partial charge in [0, 0.05) is 44.0 Å². The Bertz CT molecular complexity index is 787. The van der Waals surface area contributed by atoms with E-state index < -0.39 is 0 Å². The lowest BCUT2D eigenvalue weighted by molar-refractivity contribution is 0.00842. The van der Waals surface area contributed by atoms with Gasteiger partial charge in [0.25, 0.3) is 5.91 Å². The third-order valence-corrected chi connectivity index (χ3v) is 5.54. The number of likely N-dealkylation sites (N-methyl/N-ethyl adjacent to an activating group) is 1. The topological polar surface area (TPSA) is 50.6 Å². The van der Waals surface area contributed by atoms with Crippen molar-refractivity contribution in [1.82, 2.24) is 19.6 Å². The van der Waals surface area contributed by atoms with Crippen molar-refractivity contribution in [3.8, 4) is 0 Å². The van der Waals surface area contributed by atoms with Crippen molar-refractivity contribution in [2.45, 2.75) is 12.8 Å². The summed E-state index contributed by atoms with van der Waals surface area (Å²) in [5.41, 5.74) is 1.61. The molecule has 2 aliphatic rings. The van der Waals surface area contributed by atoms with E-state index in [-0.39, 0.29) is 11.3 Å². The number of aromatic nitrogens is 2. The number of hydrogen-bond donors (Lipinski definition) is 0. The zero-order valence-corrected chi connectivity index (χ0v) is 15.1. The largest absolute Gasteiger partial charge is 0.379 e. The van der Waals surface area contributed by atoms with E-state index in [9.17, 15) is 4.79 Å². The average Bonchev–Trinajstić information content (AvgIpc) is 2.85. The molecule has 0 aliphatic carbocycles. The Morgan fingerprint density at radius 3 is 2.92 bits per heavy atom. The monoisotopic (exact) mass is 342 g/mol. The minimum Gasteiger partial charge on any atom is -0.379 e. The molecule has 2 aromatic rings. The second-order valence-electron chi connectivity index (χ2n) is 7.61. The molecule has 0 bridgehead atoms. The van der Waals surface area contributed by atoms with Gasteiger partial charge in [-0.15, -0.1) is 0 Å². The number of fused-ring (bicyclic) bond motifs is 1. The van der Waals surface area contributed by atoms with Crippen molar-refractivity contribution in [1.29, 1.82) is 0 Å². The van der Waals surface area contributed by atoms with Gasteiger partial charge in [-0.25, -0.2) is 0 Å². The summed E-state index contributed by atoms with van der Waals surface area (Å²) in [5, 5.41) is 5.45. The van der Waals surface area contributed by atoms with Gasteiger partial charge >= 0.3 is 0 Å². The molecule has 0 N–H and O–H groups in total. The van der Waals surface area contributed by atoms with Crippen molar-refractivity contribution < 1.29 is 9.53 Å². The predicted molar refractivity (Wildman–Crippen MR) is 96.6 cm³/mol. The minimum atomic E-state index is 0.0442. The molecule has 6 nitrogen and oxygen atoms in total. The molecular formula is C19H26N4O2. The molecule has 3 heterocycles. The highest BCUT2D eigenvalue weighted by molar-refractivity contribution is 6.04. The van der Waals surface area contributed by atoms with Crippen molar-refractivity contribution >= 4 is 16.8 Å². The van der Waals surface area contributed by atoms with E-state index in [0.29, 0.717) is 5.69 Å². The number of rotatable bonds is 1. The van der Waals surface area contributed by atoms with Gasteiger partial charge in [-0.05, 0) is 26.0 Å². The SMILES string of the molecule is CN1CCOC[C@@]2(CCCN(C(=O)c3nn(C)c4ccccc34)C2)C1. The number of likely N-dealkylation sites (tertiary alicyclic amines) is 1. The van der Waals surface area contributed by atoms with Gasteiger partial charge in [-0.2, -0.15) is 5.10 Å². The number of nitrogens with zero attached hydrogens (tertiary/aromatic N) is 4. The Balaban J connectivity index is 1.61. The number of aryl methyl sites for hydroxylation is 1. The van der Waals surface area contributed by atoms with Crippen LogP contribution in [0.4, 0.5) is 0 Å². The number of amides is 1. The summed E-state index contributed by atoms with van der Waals surface area (Å²) in [4.78, 5) is 17.5. The average molecular weight is 342 g/mol. The van der Waals surface area contributed by atoms with Crippen LogP contribution < -0.4 is 0 Å². The zero-order chi connectivity index (χ0) is 17.4. The van der Waals surface area contributed by atoms with Crippen LogP contribution in [-0.2, 0) is 11.8 Å². The third kappa shape index (κ3) is 3.04. The van der Waals surface area contributed by atoms with Crippen LogP contribution in [0.2, 0.25) is 0 Å². The molecule has 1 aromatic carbocycles. The first-order valence-electron chi connectivity index (χ1n) is 9.05. The normalized spacial score (nSPS) is 25.4. The molecule has 4 rings (SSSR count). The van der Waals surface area contributed by atoms with Crippen LogP contribution in [-0.4, -0.2) is 71.9 Å². The Hall–Kier alpha value is -1.92. The Labute approximate surface area is 148 Å². The van der Waals surface area contributed by atoms with E-state index >= 15 is 0 Å². The number of ether oxygens (including phenoxy) is 1. The van der Waals surface area contributed by atoms with Gasteiger partial charge in [0.2, 0.25) is 0 Å². The fraction of sp³-hybridized carbons (Fsp3) is 0.579. The van der Waals surface area contributed by atoms with Gasteiger partial charge in [0.15, 0.2) is 5.69 Å². The molecule has 0 unspecified atom stereocenters. The van der Waals surface area contributed by atoms with Crippen LogP contribution in [0.1, 0.15) is 23.3 Å². The lowest BCUT2D eigenvalue weighted by Gasteiger charge is -2.43. The fourth-order valence-electron chi connectivity index (χ4n) is 4.36. The van der Waals surface area contributed by atoms with Crippen LogP contribution in [0.25, 0.3) is 10.9 Å². The molecule has 134 valence electrons. The molecule has 2 saturated heterocycles.